The van der Waals surface area contributed by atoms with Gasteiger partial charge in [0.2, 0.25) is 0 Å². The lowest BCUT2D eigenvalue weighted by molar-refractivity contribution is 0.180. The minimum atomic E-state index is -0.249. The van der Waals surface area contributed by atoms with Gasteiger partial charge in [0.25, 0.3) is 0 Å². The van der Waals surface area contributed by atoms with Gasteiger partial charge in [-0.3, -0.25) is 0 Å². The molecule has 0 fully saturated rings. The maximum atomic E-state index is 12.9. The predicted molar refractivity (Wildman–Crippen MR) is 79.2 cm³/mol. The van der Waals surface area contributed by atoms with E-state index < -0.39 is 0 Å². The van der Waals surface area contributed by atoms with E-state index in [2.05, 4.69) is 31.2 Å². The lowest BCUT2D eigenvalue weighted by Gasteiger charge is -2.10. The monoisotopic (exact) mass is 339 g/mol. The van der Waals surface area contributed by atoms with Crippen LogP contribution in [0.3, 0.4) is 0 Å². The average Bonchev–Trinajstić information content (AvgIpc) is 2.45. The molecular formula is C14H15BrFN3O. The zero-order valence-electron chi connectivity index (χ0n) is 11.3. The standard InChI is InChI=1S/C14H15BrFN3O/c1-17-14-13(15)11(8-20-2)18-12(19-14)7-9-3-5-10(16)6-4-9/h3-6H,7-8H2,1-2H3,(H,17,18,19). The van der Waals surface area contributed by atoms with Crippen molar-refractivity contribution in [3.63, 3.8) is 0 Å². The molecule has 0 bridgehead atoms. The molecule has 0 aliphatic heterocycles. The number of hydrogen-bond donors (Lipinski definition) is 1. The summed E-state index contributed by atoms with van der Waals surface area (Å²) in [5, 5.41) is 3.02. The molecule has 0 aliphatic rings. The van der Waals surface area contributed by atoms with E-state index in [0.717, 1.165) is 15.7 Å². The lowest BCUT2D eigenvalue weighted by atomic mass is 10.1. The van der Waals surface area contributed by atoms with Gasteiger partial charge in [-0.15, -0.1) is 0 Å². The number of aromatic nitrogens is 2. The van der Waals surface area contributed by atoms with Gasteiger partial charge in [0.15, 0.2) is 0 Å². The van der Waals surface area contributed by atoms with Crippen LogP contribution >= 0.6 is 15.9 Å². The van der Waals surface area contributed by atoms with Gasteiger partial charge in [0.05, 0.1) is 16.8 Å². The number of anilines is 1. The summed E-state index contributed by atoms with van der Waals surface area (Å²) in [4.78, 5) is 8.90. The molecule has 1 N–H and O–H groups in total. The number of rotatable bonds is 5. The third-order valence-electron chi connectivity index (χ3n) is 2.76. The summed E-state index contributed by atoms with van der Waals surface area (Å²) in [6.07, 6.45) is 0.541. The summed E-state index contributed by atoms with van der Waals surface area (Å²) >= 11 is 3.45. The van der Waals surface area contributed by atoms with Crippen molar-refractivity contribution in [1.82, 2.24) is 9.97 Å². The normalized spacial score (nSPS) is 10.6. The van der Waals surface area contributed by atoms with Crippen molar-refractivity contribution in [2.24, 2.45) is 0 Å². The molecule has 0 saturated heterocycles. The first-order valence-corrected chi connectivity index (χ1v) is 6.89. The fourth-order valence-corrected chi connectivity index (χ4v) is 2.30. The van der Waals surface area contributed by atoms with Crippen molar-refractivity contribution < 1.29 is 9.13 Å². The molecule has 1 aromatic carbocycles. The Hall–Kier alpha value is -1.53. The van der Waals surface area contributed by atoms with Gasteiger partial charge in [0.1, 0.15) is 17.5 Å². The van der Waals surface area contributed by atoms with E-state index in [1.807, 2.05) is 0 Å². The molecule has 0 amide bonds. The summed E-state index contributed by atoms with van der Waals surface area (Å²) in [7, 11) is 3.42. The molecule has 1 aromatic heterocycles. The van der Waals surface area contributed by atoms with Gasteiger partial charge in [-0.2, -0.15) is 0 Å². The van der Waals surface area contributed by atoms with Crippen LogP contribution in [0.1, 0.15) is 17.1 Å². The Morgan fingerprint density at radius 3 is 2.55 bits per heavy atom. The third kappa shape index (κ3) is 3.52. The molecule has 0 radical (unpaired) electrons. The molecule has 2 rings (SSSR count). The highest BCUT2D eigenvalue weighted by Gasteiger charge is 2.11. The average molecular weight is 340 g/mol. The van der Waals surface area contributed by atoms with Crippen molar-refractivity contribution in [1.29, 1.82) is 0 Å². The summed E-state index contributed by atoms with van der Waals surface area (Å²) in [5.41, 5.74) is 1.74. The van der Waals surface area contributed by atoms with Crippen molar-refractivity contribution in [3.8, 4) is 0 Å². The molecule has 4 nitrogen and oxygen atoms in total. The maximum absolute atomic E-state index is 12.9. The van der Waals surface area contributed by atoms with Crippen LogP contribution < -0.4 is 5.32 Å². The fourth-order valence-electron chi connectivity index (χ4n) is 1.81. The zero-order chi connectivity index (χ0) is 14.5. The van der Waals surface area contributed by atoms with Crippen LogP contribution in [0.15, 0.2) is 28.7 Å². The van der Waals surface area contributed by atoms with Crippen LogP contribution in [-0.2, 0) is 17.8 Å². The Morgan fingerprint density at radius 1 is 1.25 bits per heavy atom. The van der Waals surface area contributed by atoms with Crippen molar-refractivity contribution >= 4 is 21.7 Å². The highest BCUT2D eigenvalue weighted by Crippen LogP contribution is 2.24. The molecule has 20 heavy (non-hydrogen) atoms. The van der Waals surface area contributed by atoms with E-state index in [4.69, 9.17) is 4.74 Å². The zero-order valence-corrected chi connectivity index (χ0v) is 12.9. The summed E-state index contributed by atoms with van der Waals surface area (Å²) in [6, 6.07) is 6.33. The molecule has 6 heteroatoms. The van der Waals surface area contributed by atoms with E-state index >= 15 is 0 Å². The second-order valence-electron chi connectivity index (χ2n) is 4.24. The third-order valence-corrected chi connectivity index (χ3v) is 3.59. The molecule has 0 spiro atoms. The number of nitrogens with zero attached hydrogens (tertiary/aromatic N) is 2. The highest BCUT2D eigenvalue weighted by atomic mass is 79.9. The van der Waals surface area contributed by atoms with E-state index in [-0.39, 0.29) is 5.82 Å². The molecule has 0 saturated carbocycles. The number of methoxy groups -OCH3 is 1. The van der Waals surface area contributed by atoms with Crippen molar-refractivity contribution in [3.05, 3.63) is 51.6 Å². The minimum absolute atomic E-state index is 0.249. The van der Waals surface area contributed by atoms with Crippen molar-refractivity contribution in [2.75, 3.05) is 19.5 Å². The minimum Gasteiger partial charge on any atom is -0.378 e. The molecule has 0 aliphatic carbocycles. The maximum Gasteiger partial charge on any atom is 0.144 e. The van der Waals surface area contributed by atoms with E-state index in [0.29, 0.717) is 24.7 Å². The van der Waals surface area contributed by atoms with Gasteiger partial charge in [0, 0.05) is 20.6 Å². The largest absolute Gasteiger partial charge is 0.378 e. The van der Waals surface area contributed by atoms with Crippen LogP contribution in [0.5, 0.6) is 0 Å². The van der Waals surface area contributed by atoms with E-state index in [1.54, 1.807) is 26.3 Å². The lowest BCUT2D eigenvalue weighted by Crippen LogP contribution is -2.07. The van der Waals surface area contributed by atoms with Gasteiger partial charge in [-0.05, 0) is 33.6 Å². The molecule has 2 aromatic rings. The number of ether oxygens (including phenoxy) is 1. The first-order chi connectivity index (χ1) is 9.63. The summed E-state index contributed by atoms with van der Waals surface area (Å²) in [5.74, 6) is 1.13. The Kier molecular flexibility index (Phi) is 5.03. The van der Waals surface area contributed by atoms with Crippen LogP contribution in [0, 0.1) is 5.82 Å². The summed E-state index contributed by atoms with van der Waals surface area (Å²) < 4.78 is 18.8. The molecular weight excluding hydrogens is 325 g/mol. The van der Waals surface area contributed by atoms with Crippen LogP contribution in [0.25, 0.3) is 0 Å². The number of halogens is 2. The second kappa shape index (κ2) is 6.76. The first-order valence-electron chi connectivity index (χ1n) is 6.10. The number of hydrogen-bond acceptors (Lipinski definition) is 4. The SMILES string of the molecule is CNc1nc(Cc2ccc(F)cc2)nc(COC)c1Br. The Balaban J connectivity index is 2.31. The van der Waals surface area contributed by atoms with Crippen LogP contribution in [0.2, 0.25) is 0 Å². The quantitative estimate of drug-likeness (QED) is 0.908. The van der Waals surface area contributed by atoms with Crippen LogP contribution in [-0.4, -0.2) is 24.1 Å². The Bertz CT molecular complexity index is 590. The number of benzene rings is 1. The first kappa shape index (κ1) is 14.9. The van der Waals surface area contributed by atoms with Gasteiger partial charge >= 0.3 is 0 Å². The van der Waals surface area contributed by atoms with Crippen molar-refractivity contribution in [2.45, 2.75) is 13.0 Å². The summed E-state index contributed by atoms with van der Waals surface area (Å²) in [6.45, 7) is 0.397. The predicted octanol–water partition coefficient (Wildman–Crippen LogP) is 3.16. The second-order valence-corrected chi connectivity index (χ2v) is 5.03. The topological polar surface area (TPSA) is 47.0 Å². The van der Waals surface area contributed by atoms with Gasteiger partial charge < -0.3 is 10.1 Å². The molecule has 1 heterocycles. The number of nitrogens with one attached hydrogen (secondary N) is 1. The van der Waals surface area contributed by atoms with E-state index in [9.17, 15) is 4.39 Å². The van der Waals surface area contributed by atoms with Gasteiger partial charge in [-0.1, -0.05) is 12.1 Å². The van der Waals surface area contributed by atoms with Gasteiger partial charge in [-0.25, -0.2) is 14.4 Å². The highest BCUT2D eigenvalue weighted by molar-refractivity contribution is 9.10. The Morgan fingerprint density at radius 2 is 1.95 bits per heavy atom. The fraction of sp³-hybridized carbons (Fsp3) is 0.286. The molecule has 0 atom stereocenters. The molecule has 0 unspecified atom stereocenters. The molecule has 106 valence electrons. The smallest absolute Gasteiger partial charge is 0.144 e. The Labute approximate surface area is 125 Å². The van der Waals surface area contributed by atoms with Crippen LogP contribution in [0.4, 0.5) is 10.2 Å². The van der Waals surface area contributed by atoms with E-state index in [1.165, 1.54) is 12.1 Å².